The highest BCUT2D eigenvalue weighted by molar-refractivity contribution is 9.10. The van der Waals surface area contributed by atoms with E-state index in [1.807, 2.05) is 18.2 Å². The highest BCUT2D eigenvalue weighted by Gasteiger charge is 2.13. The Kier molecular flexibility index (Phi) is 4.81. The summed E-state index contributed by atoms with van der Waals surface area (Å²) in [6.07, 6.45) is 2.88. The Morgan fingerprint density at radius 3 is 2.54 bits per heavy atom. The molecule has 0 aliphatic heterocycles. The summed E-state index contributed by atoms with van der Waals surface area (Å²) in [7, 11) is 0. The Labute approximate surface area is 146 Å². The van der Waals surface area contributed by atoms with Crippen molar-refractivity contribution >= 4 is 27.6 Å². The molecule has 0 aliphatic rings. The van der Waals surface area contributed by atoms with Crippen LogP contribution >= 0.6 is 15.9 Å². The lowest BCUT2D eigenvalue weighted by atomic mass is 10.1. The van der Waals surface area contributed by atoms with Crippen molar-refractivity contribution in [3.63, 3.8) is 0 Å². The van der Waals surface area contributed by atoms with E-state index in [9.17, 15) is 9.90 Å². The van der Waals surface area contributed by atoms with Crippen LogP contribution in [0.1, 0.15) is 15.9 Å². The highest BCUT2D eigenvalue weighted by atomic mass is 79.9. The van der Waals surface area contributed by atoms with Crippen LogP contribution in [0, 0.1) is 0 Å². The van der Waals surface area contributed by atoms with Crippen molar-refractivity contribution in [3.8, 4) is 0 Å². The molecule has 0 fully saturated rings. The molecule has 1 heterocycles. The molecule has 6 nitrogen and oxygen atoms in total. The van der Waals surface area contributed by atoms with E-state index in [1.54, 1.807) is 36.4 Å². The molecule has 0 spiro atoms. The summed E-state index contributed by atoms with van der Waals surface area (Å²) in [5.41, 5.74) is 1.08. The van der Waals surface area contributed by atoms with Gasteiger partial charge in [0.15, 0.2) is 12.3 Å². The minimum Gasteiger partial charge on any atom is -0.856 e. The zero-order valence-corrected chi connectivity index (χ0v) is 14.1. The molecule has 0 radical (unpaired) electrons. The molecule has 0 bridgehead atoms. The van der Waals surface area contributed by atoms with Gasteiger partial charge in [0.1, 0.15) is 0 Å². The second-order valence-corrected chi connectivity index (χ2v) is 5.94. The molecule has 0 aliphatic carbocycles. The number of aromatic nitrogens is 3. The molecule has 2 aromatic carbocycles. The molecular formula is C17H13BrN4O2. The Bertz CT molecular complexity index is 873. The van der Waals surface area contributed by atoms with Gasteiger partial charge in [-0.05, 0) is 17.7 Å². The van der Waals surface area contributed by atoms with Crippen molar-refractivity contribution < 1.29 is 14.6 Å². The van der Waals surface area contributed by atoms with Gasteiger partial charge in [-0.2, -0.15) is 0 Å². The van der Waals surface area contributed by atoms with E-state index < -0.39 is 0 Å². The largest absolute Gasteiger partial charge is 0.856 e. The van der Waals surface area contributed by atoms with Crippen LogP contribution in [0.15, 0.2) is 76.8 Å². The van der Waals surface area contributed by atoms with Gasteiger partial charge >= 0.3 is 0 Å². The van der Waals surface area contributed by atoms with Crippen LogP contribution in [-0.4, -0.2) is 21.5 Å². The van der Waals surface area contributed by atoms with Crippen LogP contribution in [0.5, 0.6) is 0 Å². The Morgan fingerprint density at radius 1 is 1.12 bits per heavy atom. The average Bonchev–Trinajstić information content (AvgIpc) is 3.03. The normalized spacial score (nSPS) is 11.5. The number of halogens is 1. The van der Waals surface area contributed by atoms with Crippen molar-refractivity contribution in [1.82, 2.24) is 9.78 Å². The van der Waals surface area contributed by atoms with Crippen molar-refractivity contribution in [2.75, 3.05) is 0 Å². The van der Waals surface area contributed by atoms with Gasteiger partial charge in [-0.1, -0.05) is 58.4 Å². The summed E-state index contributed by atoms with van der Waals surface area (Å²) in [6, 6.07) is 15.9. The summed E-state index contributed by atoms with van der Waals surface area (Å²) in [5, 5.41) is 20.0. The maximum Gasteiger partial charge on any atom is 0.288 e. The molecule has 3 rings (SSSR count). The summed E-state index contributed by atoms with van der Waals surface area (Å²) >= 11 is 3.33. The maximum absolute atomic E-state index is 12.2. The number of hydrogen-bond donors (Lipinski definition) is 0. The van der Waals surface area contributed by atoms with Gasteiger partial charge in [0.05, 0.1) is 0 Å². The third-order valence-corrected chi connectivity index (χ3v) is 3.80. The lowest BCUT2D eigenvalue weighted by Gasteiger charge is -2.07. The van der Waals surface area contributed by atoms with Crippen molar-refractivity contribution in [3.05, 3.63) is 82.9 Å². The van der Waals surface area contributed by atoms with Gasteiger partial charge in [0.2, 0.25) is 6.33 Å². The smallest absolute Gasteiger partial charge is 0.288 e. The fraction of sp³-hybridized carbons (Fsp3) is 0.0588. The minimum absolute atomic E-state index is 0.0731. The predicted molar refractivity (Wildman–Crippen MR) is 89.3 cm³/mol. The number of ketones is 1. The highest BCUT2D eigenvalue weighted by Crippen LogP contribution is 2.11. The predicted octanol–water partition coefficient (Wildman–Crippen LogP) is 1.39. The maximum atomic E-state index is 12.2. The third-order valence-electron chi connectivity index (χ3n) is 3.27. The third kappa shape index (κ3) is 3.94. The molecule has 0 saturated heterocycles. The van der Waals surface area contributed by atoms with Crippen molar-refractivity contribution in [2.45, 2.75) is 6.54 Å². The molecule has 1 aromatic heterocycles. The average molecular weight is 385 g/mol. The van der Waals surface area contributed by atoms with Crippen LogP contribution in [0.4, 0.5) is 0 Å². The van der Waals surface area contributed by atoms with E-state index in [0.29, 0.717) is 11.1 Å². The molecule has 0 saturated carbocycles. The van der Waals surface area contributed by atoms with Gasteiger partial charge in [-0.15, -0.1) is 14.5 Å². The SMILES string of the molecule is O=C(Cn1c[n+](/N=C(\[O-])c2ccccc2)cn1)c1ccc(Br)cc1. The zero-order valence-electron chi connectivity index (χ0n) is 12.5. The van der Waals surface area contributed by atoms with Crippen molar-refractivity contribution in [2.24, 2.45) is 5.10 Å². The Morgan fingerprint density at radius 2 is 1.83 bits per heavy atom. The molecule has 0 amide bonds. The molecule has 7 heteroatoms. The number of carbonyl (C=O) groups excluding carboxylic acids is 1. The fourth-order valence-corrected chi connectivity index (χ4v) is 2.33. The van der Waals surface area contributed by atoms with E-state index in [-0.39, 0.29) is 18.2 Å². The number of Topliss-reactive ketones (excluding diaryl/α,β-unsaturated/α-hetero) is 1. The molecule has 0 atom stereocenters. The number of benzene rings is 2. The molecule has 3 aromatic rings. The quantitative estimate of drug-likeness (QED) is 0.288. The molecule has 24 heavy (non-hydrogen) atoms. The van der Waals surface area contributed by atoms with E-state index in [4.69, 9.17) is 0 Å². The van der Waals surface area contributed by atoms with Crippen LogP contribution in [0.2, 0.25) is 0 Å². The Balaban J connectivity index is 1.71. The van der Waals surface area contributed by atoms with Crippen LogP contribution in [0.25, 0.3) is 0 Å². The summed E-state index contributed by atoms with van der Waals surface area (Å²) < 4.78 is 3.64. The molecular weight excluding hydrogens is 372 g/mol. The summed E-state index contributed by atoms with van der Waals surface area (Å²) in [5.74, 6) is -0.452. The van der Waals surface area contributed by atoms with Crippen LogP contribution in [0.3, 0.4) is 0 Å². The van der Waals surface area contributed by atoms with Gasteiger partial charge in [-0.25, -0.2) is 0 Å². The molecule has 0 N–H and O–H groups in total. The zero-order chi connectivity index (χ0) is 16.9. The first-order valence-electron chi connectivity index (χ1n) is 7.16. The number of rotatable bonds is 5. The lowest BCUT2D eigenvalue weighted by Crippen LogP contribution is -2.32. The van der Waals surface area contributed by atoms with E-state index in [0.717, 1.165) is 4.47 Å². The number of carbonyl (C=O) groups is 1. The van der Waals surface area contributed by atoms with Crippen LogP contribution in [-0.2, 0) is 6.54 Å². The van der Waals surface area contributed by atoms with E-state index in [1.165, 1.54) is 22.0 Å². The van der Waals surface area contributed by atoms with Gasteiger partial charge in [0, 0.05) is 21.0 Å². The second-order valence-electron chi connectivity index (χ2n) is 5.03. The van der Waals surface area contributed by atoms with E-state index >= 15 is 0 Å². The minimum atomic E-state index is -0.376. The standard InChI is InChI=1S/C17H13BrN4O2/c18-15-8-6-13(7-9-15)16(23)10-21-12-22(11-19-21)20-17(24)14-4-2-1-3-5-14/h1-9,11-12H,10H2. The van der Waals surface area contributed by atoms with E-state index in [2.05, 4.69) is 26.1 Å². The van der Waals surface area contributed by atoms with Crippen molar-refractivity contribution in [1.29, 1.82) is 0 Å². The molecule has 0 unspecified atom stereocenters. The fourth-order valence-electron chi connectivity index (χ4n) is 2.07. The number of nitrogens with zero attached hydrogens (tertiary/aromatic N) is 4. The van der Waals surface area contributed by atoms with Gasteiger partial charge < -0.3 is 5.11 Å². The first-order chi connectivity index (χ1) is 11.6. The second kappa shape index (κ2) is 7.18. The monoisotopic (exact) mass is 384 g/mol. The Hall–Kier alpha value is -2.80. The topological polar surface area (TPSA) is 74.2 Å². The lowest BCUT2D eigenvalue weighted by molar-refractivity contribution is -0.682. The van der Waals surface area contributed by atoms with Gasteiger partial charge in [0.25, 0.3) is 6.33 Å². The molecule has 120 valence electrons. The summed E-state index contributed by atoms with van der Waals surface area (Å²) in [6.45, 7) is 0.0731. The first kappa shape index (κ1) is 16.1. The van der Waals surface area contributed by atoms with Gasteiger partial charge in [-0.3, -0.25) is 4.79 Å². The summed E-state index contributed by atoms with van der Waals surface area (Å²) in [4.78, 5) is 12.2. The van der Waals surface area contributed by atoms with Crippen LogP contribution < -0.4 is 9.78 Å². The number of hydrogen-bond acceptors (Lipinski definition) is 4. The first-order valence-corrected chi connectivity index (χ1v) is 7.95.